The van der Waals surface area contributed by atoms with Gasteiger partial charge in [0.1, 0.15) is 5.75 Å². The Kier molecular flexibility index (Phi) is 4.00. The Balaban J connectivity index is 2.14. The quantitative estimate of drug-likeness (QED) is 0.832. The van der Waals surface area contributed by atoms with Gasteiger partial charge in [-0.2, -0.15) is 0 Å². The van der Waals surface area contributed by atoms with Crippen LogP contribution in [0.5, 0.6) is 5.75 Å². The number of benzene rings is 1. The van der Waals surface area contributed by atoms with E-state index in [4.69, 9.17) is 4.74 Å². The van der Waals surface area contributed by atoms with Crippen LogP contribution in [0, 0.1) is 5.92 Å². The monoisotopic (exact) mass is 287 g/mol. The van der Waals surface area contributed by atoms with Crippen LogP contribution in [0.25, 0.3) is 0 Å². The minimum atomic E-state index is 0.370. The van der Waals surface area contributed by atoms with E-state index >= 15 is 0 Å². The molecule has 0 N–H and O–H groups in total. The molecule has 2 aliphatic carbocycles. The molecule has 0 radical (unpaired) electrons. The van der Waals surface area contributed by atoms with Crippen LogP contribution in [0.1, 0.15) is 50.2 Å². The number of rotatable bonds is 3. The molecule has 3 rings (SSSR count). The lowest BCUT2D eigenvalue weighted by Crippen LogP contribution is -2.53. The molecule has 0 heterocycles. The molecular formula is C19H29NO. The first-order valence-electron chi connectivity index (χ1n) is 8.46. The van der Waals surface area contributed by atoms with E-state index in [9.17, 15) is 0 Å². The van der Waals surface area contributed by atoms with Crippen LogP contribution in [0.4, 0.5) is 0 Å². The molecule has 0 saturated heterocycles. The molecule has 1 aromatic rings. The number of nitrogens with zero attached hydrogens (tertiary/aromatic N) is 1. The lowest BCUT2D eigenvalue weighted by atomic mass is 9.54. The van der Waals surface area contributed by atoms with E-state index in [-0.39, 0.29) is 0 Å². The van der Waals surface area contributed by atoms with Gasteiger partial charge >= 0.3 is 0 Å². The number of hydrogen-bond donors (Lipinski definition) is 0. The SMILES string of the molecule is CC[C@@]12CCCC[C@@H]1[C@@H](N(C)C)Cc1ccc(OC)cc12. The highest BCUT2D eigenvalue weighted by Gasteiger charge is 2.49. The van der Waals surface area contributed by atoms with Gasteiger partial charge in [0.25, 0.3) is 0 Å². The highest BCUT2D eigenvalue weighted by molar-refractivity contribution is 5.44. The van der Waals surface area contributed by atoms with Crippen LogP contribution < -0.4 is 4.74 Å². The van der Waals surface area contributed by atoms with E-state index in [1.807, 2.05) is 0 Å². The Bertz CT molecular complexity index is 510. The molecule has 2 heteroatoms. The summed E-state index contributed by atoms with van der Waals surface area (Å²) in [5, 5.41) is 0. The zero-order valence-corrected chi connectivity index (χ0v) is 14.0. The van der Waals surface area contributed by atoms with Crippen molar-refractivity contribution in [3.05, 3.63) is 29.3 Å². The second kappa shape index (κ2) is 5.64. The summed E-state index contributed by atoms with van der Waals surface area (Å²) in [7, 11) is 6.30. The molecular weight excluding hydrogens is 258 g/mol. The second-order valence-electron chi connectivity index (χ2n) is 7.12. The first-order chi connectivity index (χ1) is 10.1. The topological polar surface area (TPSA) is 12.5 Å². The largest absolute Gasteiger partial charge is 0.497 e. The molecule has 2 nitrogen and oxygen atoms in total. The maximum absolute atomic E-state index is 5.51. The van der Waals surface area contributed by atoms with Crippen molar-refractivity contribution in [3.63, 3.8) is 0 Å². The zero-order chi connectivity index (χ0) is 15.0. The minimum absolute atomic E-state index is 0.370. The van der Waals surface area contributed by atoms with Gasteiger partial charge in [0.05, 0.1) is 7.11 Å². The van der Waals surface area contributed by atoms with Gasteiger partial charge in [-0.3, -0.25) is 0 Å². The van der Waals surface area contributed by atoms with Gasteiger partial charge in [-0.05, 0) is 74.4 Å². The van der Waals surface area contributed by atoms with Crippen molar-refractivity contribution in [2.45, 2.75) is 56.9 Å². The van der Waals surface area contributed by atoms with Gasteiger partial charge in [0.2, 0.25) is 0 Å². The fourth-order valence-corrected chi connectivity index (χ4v) is 5.02. The van der Waals surface area contributed by atoms with E-state index in [0.717, 1.165) is 11.7 Å². The molecule has 0 spiro atoms. The number of fused-ring (bicyclic) bond motifs is 3. The van der Waals surface area contributed by atoms with Crippen molar-refractivity contribution in [1.82, 2.24) is 4.90 Å². The standard InChI is InChI=1S/C19H29NO/c1-5-19-11-7-6-8-16(19)18(20(2)3)12-14-9-10-15(21-4)13-17(14)19/h9-10,13,16,18H,5-8,11-12H2,1-4H3/t16-,18+,19-/m1/s1. The molecule has 0 unspecified atom stereocenters. The van der Waals surface area contributed by atoms with Gasteiger partial charge in [0, 0.05) is 6.04 Å². The second-order valence-corrected chi connectivity index (χ2v) is 7.12. The van der Waals surface area contributed by atoms with Crippen LogP contribution >= 0.6 is 0 Å². The molecule has 2 aliphatic rings. The van der Waals surface area contributed by atoms with Gasteiger partial charge in [-0.15, -0.1) is 0 Å². The van der Waals surface area contributed by atoms with Crippen molar-refractivity contribution in [1.29, 1.82) is 0 Å². The van der Waals surface area contributed by atoms with Crippen LogP contribution in [-0.4, -0.2) is 32.1 Å². The Labute approximate surface area is 129 Å². The van der Waals surface area contributed by atoms with E-state index in [2.05, 4.69) is 44.1 Å². The van der Waals surface area contributed by atoms with Gasteiger partial charge < -0.3 is 9.64 Å². The zero-order valence-electron chi connectivity index (χ0n) is 14.0. The molecule has 21 heavy (non-hydrogen) atoms. The number of hydrogen-bond acceptors (Lipinski definition) is 2. The highest BCUT2D eigenvalue weighted by Crippen LogP contribution is 2.53. The fourth-order valence-electron chi connectivity index (χ4n) is 5.02. The average Bonchev–Trinajstić information content (AvgIpc) is 2.53. The van der Waals surface area contributed by atoms with Crippen molar-refractivity contribution in [2.24, 2.45) is 5.92 Å². The third kappa shape index (κ3) is 2.28. The predicted octanol–water partition coefficient (Wildman–Crippen LogP) is 4.02. The molecule has 0 amide bonds. The van der Waals surface area contributed by atoms with Crippen molar-refractivity contribution in [2.75, 3.05) is 21.2 Å². The summed E-state index contributed by atoms with van der Waals surface area (Å²) in [6.07, 6.45) is 7.95. The number of methoxy groups -OCH3 is 1. The van der Waals surface area contributed by atoms with Crippen LogP contribution in [0.15, 0.2) is 18.2 Å². The minimum Gasteiger partial charge on any atom is -0.497 e. The molecule has 116 valence electrons. The maximum Gasteiger partial charge on any atom is 0.119 e. The van der Waals surface area contributed by atoms with Crippen molar-refractivity contribution in [3.8, 4) is 5.75 Å². The maximum atomic E-state index is 5.51. The Morgan fingerprint density at radius 2 is 2.10 bits per heavy atom. The van der Waals surface area contributed by atoms with Crippen LogP contribution in [-0.2, 0) is 11.8 Å². The highest BCUT2D eigenvalue weighted by atomic mass is 16.5. The summed E-state index contributed by atoms with van der Waals surface area (Å²) < 4.78 is 5.51. The lowest BCUT2D eigenvalue weighted by molar-refractivity contribution is 0.0681. The van der Waals surface area contributed by atoms with Gasteiger partial charge in [0.15, 0.2) is 0 Å². The summed E-state index contributed by atoms with van der Waals surface area (Å²) in [4.78, 5) is 2.47. The summed E-state index contributed by atoms with van der Waals surface area (Å²) in [6, 6.07) is 7.47. The van der Waals surface area contributed by atoms with Crippen LogP contribution in [0.2, 0.25) is 0 Å². The van der Waals surface area contributed by atoms with Gasteiger partial charge in [-0.25, -0.2) is 0 Å². The summed E-state index contributed by atoms with van der Waals surface area (Å²) in [5.74, 6) is 1.82. The average molecular weight is 287 g/mol. The number of likely N-dealkylation sites (N-methyl/N-ethyl adjacent to an activating group) is 1. The Hall–Kier alpha value is -1.02. The Morgan fingerprint density at radius 1 is 1.29 bits per heavy atom. The van der Waals surface area contributed by atoms with Crippen molar-refractivity contribution >= 4 is 0 Å². The van der Waals surface area contributed by atoms with Crippen molar-refractivity contribution < 1.29 is 4.74 Å². The summed E-state index contributed by atoms with van der Waals surface area (Å²) in [6.45, 7) is 2.39. The molecule has 1 fully saturated rings. The van der Waals surface area contributed by atoms with Crippen LogP contribution in [0.3, 0.4) is 0 Å². The molecule has 0 aromatic heterocycles. The van der Waals surface area contributed by atoms with E-state index < -0.39 is 0 Å². The first-order valence-corrected chi connectivity index (χ1v) is 8.46. The Morgan fingerprint density at radius 3 is 2.76 bits per heavy atom. The lowest BCUT2D eigenvalue weighted by Gasteiger charge is -2.53. The number of ether oxygens (including phenoxy) is 1. The normalized spacial score (nSPS) is 31.7. The third-order valence-electron chi connectivity index (χ3n) is 6.14. The first kappa shape index (κ1) is 14.9. The third-order valence-corrected chi connectivity index (χ3v) is 6.14. The smallest absolute Gasteiger partial charge is 0.119 e. The molecule has 1 saturated carbocycles. The molecule has 0 bridgehead atoms. The molecule has 1 aromatic carbocycles. The van der Waals surface area contributed by atoms with E-state index in [1.165, 1.54) is 38.5 Å². The molecule has 0 aliphatic heterocycles. The van der Waals surface area contributed by atoms with E-state index in [1.54, 1.807) is 18.2 Å². The summed E-state index contributed by atoms with van der Waals surface area (Å²) in [5.41, 5.74) is 3.51. The van der Waals surface area contributed by atoms with Gasteiger partial charge in [-0.1, -0.05) is 25.8 Å². The molecule has 3 atom stereocenters. The predicted molar refractivity (Wildman–Crippen MR) is 88.1 cm³/mol. The van der Waals surface area contributed by atoms with E-state index in [0.29, 0.717) is 11.5 Å². The summed E-state index contributed by atoms with van der Waals surface area (Å²) >= 11 is 0. The fraction of sp³-hybridized carbons (Fsp3) is 0.684.